The van der Waals surface area contributed by atoms with Crippen LogP contribution in [0.3, 0.4) is 0 Å². The fourth-order valence-electron chi connectivity index (χ4n) is 1.51. The van der Waals surface area contributed by atoms with Crippen LogP contribution in [0.5, 0.6) is 0 Å². The summed E-state index contributed by atoms with van der Waals surface area (Å²) in [6.07, 6.45) is 4.14. The van der Waals surface area contributed by atoms with Crippen LogP contribution in [0, 0.1) is 0 Å². The number of rotatable bonds is 5. The van der Waals surface area contributed by atoms with Crippen LogP contribution in [0.25, 0.3) is 0 Å². The molecule has 5 heteroatoms. The van der Waals surface area contributed by atoms with E-state index in [-0.39, 0.29) is 5.91 Å². The lowest BCUT2D eigenvalue weighted by atomic mass is 10.4. The molecule has 1 aromatic heterocycles. The second kappa shape index (κ2) is 4.99. The van der Waals surface area contributed by atoms with E-state index in [0.29, 0.717) is 11.8 Å². The van der Waals surface area contributed by atoms with Crippen molar-refractivity contribution in [1.82, 2.24) is 9.88 Å². The summed E-state index contributed by atoms with van der Waals surface area (Å²) in [5.41, 5.74) is 0. The quantitative estimate of drug-likeness (QED) is 0.742. The number of amides is 1. The monoisotopic (exact) mass is 242 g/mol. The van der Waals surface area contributed by atoms with Gasteiger partial charge in [-0.15, -0.1) is 11.3 Å². The van der Waals surface area contributed by atoms with Gasteiger partial charge in [-0.25, -0.2) is 4.98 Å². The third kappa shape index (κ3) is 2.95. The van der Waals surface area contributed by atoms with Crippen LogP contribution in [-0.2, 0) is 4.79 Å². The number of carbonyl (C=O) groups is 1. The molecule has 0 unspecified atom stereocenters. The number of nitrogens with zero attached hydrogens (tertiary/aromatic N) is 2. The Labute approximate surface area is 97.9 Å². The Morgan fingerprint density at radius 1 is 1.73 bits per heavy atom. The Kier molecular flexibility index (Phi) is 3.64. The lowest BCUT2D eigenvalue weighted by Gasteiger charge is -2.19. The summed E-state index contributed by atoms with van der Waals surface area (Å²) < 4.78 is 0.982. The minimum atomic E-state index is 0.250. The Morgan fingerprint density at radius 3 is 3.07 bits per heavy atom. The maximum Gasteiger partial charge on any atom is 0.233 e. The first-order valence-electron chi connectivity index (χ1n) is 5.13. The van der Waals surface area contributed by atoms with E-state index >= 15 is 0 Å². The van der Waals surface area contributed by atoms with Crippen LogP contribution in [0.15, 0.2) is 15.9 Å². The van der Waals surface area contributed by atoms with Gasteiger partial charge in [-0.2, -0.15) is 0 Å². The average Bonchev–Trinajstić information content (AvgIpc) is 2.93. The Balaban J connectivity index is 1.80. The zero-order valence-electron chi connectivity index (χ0n) is 8.68. The lowest BCUT2D eigenvalue weighted by molar-refractivity contribution is -0.128. The van der Waals surface area contributed by atoms with Gasteiger partial charge >= 0.3 is 0 Å². The van der Waals surface area contributed by atoms with Crippen molar-refractivity contribution in [2.24, 2.45) is 0 Å². The summed E-state index contributed by atoms with van der Waals surface area (Å²) in [5, 5.41) is 1.94. The Morgan fingerprint density at radius 2 is 2.53 bits per heavy atom. The molecule has 0 radical (unpaired) electrons. The number of thiazole rings is 1. The molecule has 0 aliphatic heterocycles. The maximum atomic E-state index is 11.8. The highest BCUT2D eigenvalue weighted by Crippen LogP contribution is 2.28. The van der Waals surface area contributed by atoms with Crippen LogP contribution >= 0.6 is 23.1 Å². The van der Waals surface area contributed by atoms with Crippen LogP contribution in [0.1, 0.15) is 19.8 Å². The molecule has 1 aliphatic rings. The molecule has 1 aromatic rings. The first-order chi connectivity index (χ1) is 7.31. The van der Waals surface area contributed by atoms with Crippen molar-refractivity contribution in [3.8, 4) is 0 Å². The number of carbonyl (C=O) groups excluding carboxylic acids is 1. The summed E-state index contributed by atoms with van der Waals surface area (Å²) in [5.74, 6) is 0.776. The minimum Gasteiger partial charge on any atom is -0.339 e. The van der Waals surface area contributed by atoms with Crippen molar-refractivity contribution in [2.75, 3.05) is 12.3 Å². The zero-order valence-corrected chi connectivity index (χ0v) is 10.3. The summed E-state index contributed by atoms with van der Waals surface area (Å²) in [6, 6.07) is 0.527. The van der Waals surface area contributed by atoms with Crippen LogP contribution in [0.4, 0.5) is 0 Å². The molecule has 15 heavy (non-hydrogen) atoms. The molecule has 1 saturated carbocycles. The van der Waals surface area contributed by atoms with Crippen molar-refractivity contribution in [2.45, 2.75) is 30.1 Å². The molecule has 1 aliphatic carbocycles. The van der Waals surface area contributed by atoms with Gasteiger partial charge in [0.2, 0.25) is 5.91 Å². The van der Waals surface area contributed by atoms with E-state index in [1.54, 1.807) is 29.3 Å². The van der Waals surface area contributed by atoms with E-state index in [1.165, 1.54) is 12.8 Å². The second-order valence-electron chi connectivity index (χ2n) is 3.50. The smallest absolute Gasteiger partial charge is 0.233 e. The fourth-order valence-corrected chi connectivity index (χ4v) is 3.04. The van der Waals surface area contributed by atoms with Crippen LogP contribution in [-0.4, -0.2) is 34.1 Å². The molecule has 0 aromatic carbocycles. The van der Waals surface area contributed by atoms with Gasteiger partial charge in [-0.3, -0.25) is 4.79 Å². The largest absolute Gasteiger partial charge is 0.339 e. The molecule has 1 amide bonds. The average molecular weight is 242 g/mol. The van der Waals surface area contributed by atoms with E-state index in [2.05, 4.69) is 4.98 Å². The van der Waals surface area contributed by atoms with Crippen molar-refractivity contribution in [3.63, 3.8) is 0 Å². The third-order valence-electron chi connectivity index (χ3n) is 2.38. The van der Waals surface area contributed by atoms with E-state index in [0.717, 1.165) is 10.9 Å². The molecule has 0 spiro atoms. The summed E-state index contributed by atoms with van der Waals surface area (Å²) in [4.78, 5) is 18.0. The lowest BCUT2D eigenvalue weighted by Crippen LogP contribution is -2.34. The van der Waals surface area contributed by atoms with Gasteiger partial charge in [0.05, 0.1) is 5.75 Å². The van der Waals surface area contributed by atoms with Crippen molar-refractivity contribution >= 4 is 29.0 Å². The van der Waals surface area contributed by atoms with E-state index in [1.807, 2.05) is 17.2 Å². The van der Waals surface area contributed by atoms with Gasteiger partial charge in [0, 0.05) is 24.2 Å². The van der Waals surface area contributed by atoms with Gasteiger partial charge in [0.15, 0.2) is 0 Å². The molecular formula is C10H14N2OS2. The highest BCUT2D eigenvalue weighted by molar-refractivity contribution is 8.01. The first-order valence-corrected chi connectivity index (χ1v) is 6.99. The molecular weight excluding hydrogens is 228 g/mol. The summed E-state index contributed by atoms with van der Waals surface area (Å²) in [7, 11) is 0. The standard InChI is InChI=1S/C10H14N2OS2/c1-2-12(8-3-4-8)9(13)7-15-10-11-5-6-14-10/h5-6,8H,2-4,7H2,1H3. The zero-order chi connectivity index (χ0) is 10.7. The van der Waals surface area contributed by atoms with Crippen molar-refractivity contribution in [3.05, 3.63) is 11.6 Å². The Bertz CT molecular complexity index is 322. The van der Waals surface area contributed by atoms with Gasteiger partial charge in [-0.1, -0.05) is 11.8 Å². The van der Waals surface area contributed by atoms with Gasteiger partial charge in [-0.05, 0) is 19.8 Å². The van der Waals surface area contributed by atoms with Gasteiger partial charge < -0.3 is 4.90 Å². The van der Waals surface area contributed by atoms with E-state index in [4.69, 9.17) is 0 Å². The normalized spacial score (nSPS) is 15.3. The number of hydrogen-bond acceptors (Lipinski definition) is 4. The topological polar surface area (TPSA) is 33.2 Å². The molecule has 0 saturated heterocycles. The molecule has 1 fully saturated rings. The minimum absolute atomic E-state index is 0.250. The summed E-state index contributed by atoms with van der Waals surface area (Å²) >= 11 is 3.13. The van der Waals surface area contributed by atoms with Crippen molar-refractivity contribution in [1.29, 1.82) is 0 Å². The maximum absolute atomic E-state index is 11.8. The number of hydrogen-bond donors (Lipinski definition) is 0. The molecule has 1 heterocycles. The van der Waals surface area contributed by atoms with Crippen molar-refractivity contribution < 1.29 is 4.79 Å². The highest BCUT2D eigenvalue weighted by atomic mass is 32.2. The van der Waals surface area contributed by atoms with Gasteiger partial charge in [0.1, 0.15) is 4.34 Å². The molecule has 0 N–H and O–H groups in total. The molecule has 82 valence electrons. The summed E-state index contributed by atoms with van der Waals surface area (Å²) in [6.45, 7) is 2.88. The Hall–Kier alpha value is -0.550. The van der Waals surface area contributed by atoms with E-state index < -0.39 is 0 Å². The second-order valence-corrected chi connectivity index (χ2v) is 5.61. The first kappa shape index (κ1) is 11.0. The molecule has 0 bridgehead atoms. The highest BCUT2D eigenvalue weighted by Gasteiger charge is 2.31. The number of thioether (sulfide) groups is 1. The number of aromatic nitrogens is 1. The SMILES string of the molecule is CCN(C(=O)CSc1nccs1)C1CC1. The fraction of sp³-hybridized carbons (Fsp3) is 0.600. The predicted molar refractivity (Wildman–Crippen MR) is 63.2 cm³/mol. The molecule has 2 rings (SSSR count). The van der Waals surface area contributed by atoms with Gasteiger partial charge in [0.25, 0.3) is 0 Å². The van der Waals surface area contributed by atoms with E-state index in [9.17, 15) is 4.79 Å². The predicted octanol–water partition coefficient (Wildman–Crippen LogP) is 2.25. The molecule has 0 atom stereocenters. The molecule has 3 nitrogen and oxygen atoms in total. The van der Waals surface area contributed by atoms with Crippen LogP contribution in [0.2, 0.25) is 0 Å². The third-order valence-corrected chi connectivity index (χ3v) is 4.33. The van der Waals surface area contributed by atoms with Crippen LogP contribution < -0.4 is 0 Å².